The third-order valence-corrected chi connectivity index (χ3v) is 8.41. The summed E-state index contributed by atoms with van der Waals surface area (Å²) in [5.74, 6) is 0.873. The minimum Gasteiger partial charge on any atom is -0.303 e. The number of hydrogen-bond acceptors (Lipinski definition) is 1. The molecule has 0 aromatic carbocycles. The summed E-state index contributed by atoms with van der Waals surface area (Å²) >= 11 is 0. The van der Waals surface area contributed by atoms with Gasteiger partial charge < -0.3 is 4.90 Å². The van der Waals surface area contributed by atoms with Gasteiger partial charge in [-0.05, 0) is 44.8 Å². The van der Waals surface area contributed by atoms with E-state index in [0.717, 1.165) is 5.92 Å². The van der Waals surface area contributed by atoms with E-state index in [9.17, 15) is 0 Å². The predicted octanol–water partition coefficient (Wildman–Crippen LogP) is 12.9. The Morgan fingerprint density at radius 3 is 0.838 bits per heavy atom. The molecule has 0 radical (unpaired) electrons. The summed E-state index contributed by atoms with van der Waals surface area (Å²) in [6.45, 7) is 13.4. The van der Waals surface area contributed by atoms with Crippen molar-refractivity contribution in [1.29, 1.82) is 0 Å². The molecule has 0 rings (SSSR count). The molecular formula is C36H75N. The second kappa shape index (κ2) is 32.2. The molecule has 0 aromatic heterocycles. The van der Waals surface area contributed by atoms with Gasteiger partial charge in [0.2, 0.25) is 0 Å². The maximum atomic E-state index is 2.84. The average Bonchev–Trinajstić information content (AvgIpc) is 2.89. The predicted molar refractivity (Wildman–Crippen MR) is 172 cm³/mol. The number of nitrogens with zero attached hydrogens (tertiary/aromatic N) is 1. The summed E-state index contributed by atoms with van der Waals surface area (Å²) < 4.78 is 0. The largest absolute Gasteiger partial charge is 0.303 e. The number of hydrogen-bond donors (Lipinski definition) is 0. The highest BCUT2D eigenvalue weighted by Crippen LogP contribution is 2.15. The Balaban J connectivity index is 3.78. The van der Waals surface area contributed by atoms with Crippen molar-refractivity contribution in [2.24, 2.45) is 5.92 Å². The molecule has 0 unspecified atom stereocenters. The van der Waals surface area contributed by atoms with Gasteiger partial charge >= 0.3 is 0 Å². The highest BCUT2D eigenvalue weighted by atomic mass is 15.1. The van der Waals surface area contributed by atoms with Crippen LogP contribution in [0.15, 0.2) is 0 Å². The van der Waals surface area contributed by atoms with E-state index in [4.69, 9.17) is 0 Å². The van der Waals surface area contributed by atoms with E-state index in [-0.39, 0.29) is 0 Å². The van der Waals surface area contributed by atoms with Crippen LogP contribution in [0.3, 0.4) is 0 Å². The van der Waals surface area contributed by atoms with Crippen molar-refractivity contribution in [2.45, 2.75) is 207 Å². The molecule has 0 aromatic rings. The van der Waals surface area contributed by atoms with E-state index in [2.05, 4.69) is 32.6 Å². The Hall–Kier alpha value is -0.0400. The lowest BCUT2D eigenvalue weighted by molar-refractivity contribution is 0.253. The molecule has 37 heavy (non-hydrogen) atoms. The van der Waals surface area contributed by atoms with Gasteiger partial charge in [0.15, 0.2) is 0 Å². The molecule has 224 valence electrons. The Kier molecular flexibility index (Phi) is 32.1. The van der Waals surface area contributed by atoms with Crippen molar-refractivity contribution in [3.05, 3.63) is 0 Å². The smallest absolute Gasteiger partial charge is 0.00187 e. The van der Waals surface area contributed by atoms with Crippen LogP contribution in [0.5, 0.6) is 0 Å². The second-order valence-electron chi connectivity index (χ2n) is 12.9. The van der Waals surface area contributed by atoms with Crippen LogP contribution in [0, 0.1) is 5.92 Å². The van der Waals surface area contributed by atoms with E-state index in [1.165, 1.54) is 199 Å². The SMILES string of the molecule is CCCCCCCCCCCCCCN(CCCCCCCCCCCCCC)CCCCCC(C)C. The maximum Gasteiger partial charge on any atom is -0.00187 e. The van der Waals surface area contributed by atoms with E-state index >= 15 is 0 Å². The van der Waals surface area contributed by atoms with Gasteiger partial charge in [-0.3, -0.25) is 0 Å². The summed E-state index contributed by atoms with van der Waals surface area (Å²) in [6.07, 6.45) is 40.7. The summed E-state index contributed by atoms with van der Waals surface area (Å²) in [5.41, 5.74) is 0. The van der Waals surface area contributed by atoms with E-state index in [0.29, 0.717) is 0 Å². The first-order valence-corrected chi connectivity index (χ1v) is 17.9. The van der Waals surface area contributed by atoms with Gasteiger partial charge in [0, 0.05) is 0 Å². The van der Waals surface area contributed by atoms with Crippen molar-refractivity contribution in [3.63, 3.8) is 0 Å². The molecule has 0 aliphatic heterocycles. The summed E-state index contributed by atoms with van der Waals surface area (Å²) in [6, 6.07) is 0. The van der Waals surface area contributed by atoms with Gasteiger partial charge in [0.05, 0.1) is 0 Å². The molecule has 0 saturated heterocycles. The molecule has 0 spiro atoms. The molecule has 1 heteroatoms. The minimum atomic E-state index is 0.873. The first-order chi connectivity index (χ1) is 18.2. The summed E-state index contributed by atoms with van der Waals surface area (Å²) in [5, 5.41) is 0. The third kappa shape index (κ3) is 32.1. The standard InChI is InChI=1S/C36H75N/c1-5-7-9-11-13-15-17-19-21-23-25-29-33-37(35-31-27-28-32-36(3)4)34-30-26-24-22-20-18-16-14-12-10-8-6-2/h36H,5-35H2,1-4H3. The molecule has 0 aliphatic rings. The fourth-order valence-corrected chi connectivity index (χ4v) is 5.75. The fraction of sp³-hybridized carbons (Fsp3) is 1.00. The zero-order valence-electron chi connectivity index (χ0n) is 26.9. The van der Waals surface area contributed by atoms with Crippen molar-refractivity contribution in [1.82, 2.24) is 4.90 Å². The van der Waals surface area contributed by atoms with E-state index in [1.54, 1.807) is 0 Å². The van der Waals surface area contributed by atoms with Crippen LogP contribution in [0.2, 0.25) is 0 Å². The van der Waals surface area contributed by atoms with Gasteiger partial charge in [-0.2, -0.15) is 0 Å². The third-order valence-electron chi connectivity index (χ3n) is 8.41. The zero-order chi connectivity index (χ0) is 27.1. The quantitative estimate of drug-likeness (QED) is 0.0795. The van der Waals surface area contributed by atoms with Crippen LogP contribution in [0.1, 0.15) is 207 Å². The van der Waals surface area contributed by atoms with Gasteiger partial charge in [-0.25, -0.2) is 0 Å². The fourth-order valence-electron chi connectivity index (χ4n) is 5.75. The molecule has 1 nitrogen and oxygen atoms in total. The van der Waals surface area contributed by atoms with Crippen molar-refractivity contribution in [3.8, 4) is 0 Å². The van der Waals surface area contributed by atoms with E-state index < -0.39 is 0 Å². The van der Waals surface area contributed by atoms with Crippen LogP contribution in [0.25, 0.3) is 0 Å². The molecular weight excluding hydrogens is 446 g/mol. The second-order valence-corrected chi connectivity index (χ2v) is 12.9. The Labute approximate surface area is 237 Å². The van der Waals surface area contributed by atoms with Crippen LogP contribution in [0.4, 0.5) is 0 Å². The van der Waals surface area contributed by atoms with Gasteiger partial charge in [-0.1, -0.05) is 188 Å². The average molecular weight is 522 g/mol. The van der Waals surface area contributed by atoms with Crippen LogP contribution in [-0.2, 0) is 0 Å². The number of rotatable bonds is 32. The van der Waals surface area contributed by atoms with Gasteiger partial charge in [-0.15, -0.1) is 0 Å². The van der Waals surface area contributed by atoms with Gasteiger partial charge in [0.25, 0.3) is 0 Å². The lowest BCUT2D eigenvalue weighted by atomic mass is 10.0. The molecule has 0 heterocycles. The Bertz CT molecular complexity index is 362. The van der Waals surface area contributed by atoms with Crippen molar-refractivity contribution >= 4 is 0 Å². The maximum absolute atomic E-state index is 2.84. The molecule has 0 N–H and O–H groups in total. The molecule has 0 aliphatic carbocycles. The highest BCUT2D eigenvalue weighted by molar-refractivity contribution is 4.61. The van der Waals surface area contributed by atoms with Crippen molar-refractivity contribution < 1.29 is 0 Å². The van der Waals surface area contributed by atoms with Gasteiger partial charge in [0.1, 0.15) is 0 Å². The molecule has 0 atom stereocenters. The lowest BCUT2D eigenvalue weighted by Gasteiger charge is -2.22. The normalized spacial score (nSPS) is 11.8. The van der Waals surface area contributed by atoms with E-state index in [1.807, 2.05) is 0 Å². The molecule has 0 bridgehead atoms. The first kappa shape index (κ1) is 37.0. The topological polar surface area (TPSA) is 3.24 Å². The molecule has 0 amide bonds. The summed E-state index contributed by atoms with van der Waals surface area (Å²) in [4.78, 5) is 2.84. The highest BCUT2D eigenvalue weighted by Gasteiger charge is 2.05. The van der Waals surface area contributed by atoms with Crippen LogP contribution < -0.4 is 0 Å². The number of unbranched alkanes of at least 4 members (excludes halogenated alkanes) is 24. The Morgan fingerprint density at radius 2 is 0.568 bits per heavy atom. The Morgan fingerprint density at radius 1 is 0.324 bits per heavy atom. The lowest BCUT2D eigenvalue weighted by Crippen LogP contribution is -2.27. The van der Waals surface area contributed by atoms with Crippen molar-refractivity contribution in [2.75, 3.05) is 19.6 Å². The van der Waals surface area contributed by atoms with Crippen LogP contribution in [-0.4, -0.2) is 24.5 Å². The molecule has 0 saturated carbocycles. The molecule has 0 fully saturated rings. The zero-order valence-corrected chi connectivity index (χ0v) is 26.9. The minimum absolute atomic E-state index is 0.873. The van der Waals surface area contributed by atoms with Crippen LogP contribution >= 0.6 is 0 Å². The first-order valence-electron chi connectivity index (χ1n) is 17.9. The summed E-state index contributed by atoms with van der Waals surface area (Å²) in [7, 11) is 0. The monoisotopic (exact) mass is 522 g/mol.